The van der Waals surface area contributed by atoms with Gasteiger partial charge in [-0.15, -0.1) is 0 Å². The number of carbonyl (C=O) groups excluding carboxylic acids is 1. The second-order valence-corrected chi connectivity index (χ2v) is 6.44. The van der Waals surface area contributed by atoms with Gasteiger partial charge in [-0.1, -0.05) is 0 Å². The maximum Gasteiger partial charge on any atom is 0.334 e. The van der Waals surface area contributed by atoms with Crippen LogP contribution in [0.2, 0.25) is 0 Å². The van der Waals surface area contributed by atoms with Crippen LogP contribution in [0.15, 0.2) is 11.6 Å². The average Bonchev–Trinajstić information content (AvgIpc) is 2.29. The Labute approximate surface area is 112 Å². The summed E-state index contributed by atoms with van der Waals surface area (Å²) >= 11 is 0. The monoisotopic (exact) mass is 293 g/mol. The number of carbonyl (C=O) groups is 2. The Balaban J connectivity index is 4.41. The van der Waals surface area contributed by atoms with Gasteiger partial charge in [0.15, 0.2) is 0 Å². The zero-order valence-electron chi connectivity index (χ0n) is 11.2. The van der Waals surface area contributed by atoms with Crippen LogP contribution in [-0.4, -0.2) is 69.6 Å². The SMILES string of the molecule is COC(=O)/C(=C/C(=O)O)CCN(C)CCS(C)(=O)=O. The molecule has 0 aliphatic carbocycles. The molecule has 0 atom stereocenters. The van der Waals surface area contributed by atoms with E-state index in [1.807, 2.05) is 0 Å². The van der Waals surface area contributed by atoms with Gasteiger partial charge in [0, 0.05) is 31.0 Å². The molecule has 0 aliphatic heterocycles. The number of esters is 1. The topological polar surface area (TPSA) is 101 Å². The fourth-order valence-corrected chi connectivity index (χ4v) is 1.90. The normalized spacial score (nSPS) is 12.5. The van der Waals surface area contributed by atoms with E-state index in [1.54, 1.807) is 11.9 Å². The summed E-state index contributed by atoms with van der Waals surface area (Å²) in [6.07, 6.45) is 2.13. The zero-order valence-corrected chi connectivity index (χ0v) is 12.1. The van der Waals surface area contributed by atoms with Crippen molar-refractivity contribution in [2.75, 3.05) is 39.3 Å². The molecule has 0 amide bonds. The van der Waals surface area contributed by atoms with Crippen LogP contribution in [0, 0.1) is 0 Å². The molecule has 0 unspecified atom stereocenters. The van der Waals surface area contributed by atoms with Crippen molar-refractivity contribution in [3.05, 3.63) is 11.6 Å². The summed E-state index contributed by atoms with van der Waals surface area (Å²) in [5.41, 5.74) is 0.0428. The minimum atomic E-state index is -3.04. The quantitative estimate of drug-likeness (QED) is 0.477. The van der Waals surface area contributed by atoms with Crippen LogP contribution in [0.3, 0.4) is 0 Å². The van der Waals surface area contributed by atoms with Gasteiger partial charge in [-0.2, -0.15) is 0 Å². The van der Waals surface area contributed by atoms with Gasteiger partial charge < -0.3 is 14.7 Å². The van der Waals surface area contributed by atoms with Gasteiger partial charge in [-0.25, -0.2) is 18.0 Å². The maximum atomic E-state index is 11.3. The highest BCUT2D eigenvalue weighted by Crippen LogP contribution is 2.05. The molecule has 8 heteroatoms. The molecule has 0 saturated carbocycles. The van der Waals surface area contributed by atoms with E-state index in [0.29, 0.717) is 13.1 Å². The first-order valence-electron chi connectivity index (χ1n) is 5.54. The first kappa shape index (κ1) is 17.6. The van der Waals surface area contributed by atoms with Crippen LogP contribution >= 0.6 is 0 Å². The molecular formula is C11H19NO6S. The lowest BCUT2D eigenvalue weighted by molar-refractivity contribution is -0.137. The summed E-state index contributed by atoms with van der Waals surface area (Å²) in [5, 5.41) is 8.63. The Morgan fingerprint density at radius 1 is 1.32 bits per heavy atom. The smallest absolute Gasteiger partial charge is 0.334 e. The molecule has 0 rings (SSSR count). The number of methoxy groups -OCH3 is 1. The lowest BCUT2D eigenvalue weighted by Crippen LogP contribution is -2.27. The summed E-state index contributed by atoms with van der Waals surface area (Å²) in [6.45, 7) is 0.685. The van der Waals surface area contributed by atoms with Crippen molar-refractivity contribution < 1.29 is 27.9 Å². The molecule has 0 aromatic carbocycles. The van der Waals surface area contributed by atoms with Crippen molar-refractivity contribution in [2.24, 2.45) is 0 Å². The van der Waals surface area contributed by atoms with Gasteiger partial charge in [-0.3, -0.25) is 0 Å². The van der Waals surface area contributed by atoms with Crippen LogP contribution in [0.4, 0.5) is 0 Å². The standard InChI is InChI=1S/C11H19NO6S/c1-12(6-7-19(3,16)17)5-4-9(8-10(13)14)11(15)18-2/h8H,4-7H2,1-3H3,(H,13,14)/b9-8+. The van der Waals surface area contributed by atoms with E-state index in [2.05, 4.69) is 4.74 Å². The van der Waals surface area contributed by atoms with Crippen LogP contribution in [0.5, 0.6) is 0 Å². The Bertz CT molecular complexity index is 454. The van der Waals surface area contributed by atoms with Crippen LogP contribution in [-0.2, 0) is 24.2 Å². The molecular weight excluding hydrogens is 274 g/mol. The van der Waals surface area contributed by atoms with Crippen molar-refractivity contribution in [1.29, 1.82) is 0 Å². The van der Waals surface area contributed by atoms with Gasteiger partial charge in [0.05, 0.1) is 12.9 Å². The molecule has 0 spiro atoms. The lowest BCUT2D eigenvalue weighted by atomic mass is 10.1. The van der Waals surface area contributed by atoms with Gasteiger partial charge >= 0.3 is 11.9 Å². The van der Waals surface area contributed by atoms with Crippen molar-refractivity contribution in [2.45, 2.75) is 6.42 Å². The summed E-state index contributed by atoms with van der Waals surface area (Å²) in [4.78, 5) is 23.6. The van der Waals surface area contributed by atoms with Crippen molar-refractivity contribution >= 4 is 21.8 Å². The zero-order chi connectivity index (χ0) is 15.1. The third-order valence-electron chi connectivity index (χ3n) is 2.35. The predicted octanol–water partition coefficient (Wildman–Crippen LogP) is -0.463. The van der Waals surface area contributed by atoms with E-state index in [-0.39, 0.29) is 17.7 Å². The highest BCUT2D eigenvalue weighted by atomic mass is 32.2. The molecule has 0 heterocycles. The number of hydrogen-bond acceptors (Lipinski definition) is 6. The third kappa shape index (κ3) is 9.20. The highest BCUT2D eigenvalue weighted by Gasteiger charge is 2.13. The second kappa shape index (κ2) is 7.90. The average molecular weight is 293 g/mol. The van der Waals surface area contributed by atoms with Gasteiger partial charge in [-0.05, 0) is 13.5 Å². The van der Waals surface area contributed by atoms with E-state index in [0.717, 1.165) is 12.3 Å². The molecule has 0 bridgehead atoms. The number of carboxylic acids is 1. The van der Waals surface area contributed by atoms with Crippen molar-refractivity contribution in [1.82, 2.24) is 4.90 Å². The lowest BCUT2D eigenvalue weighted by Gasteiger charge is -2.16. The molecule has 0 saturated heterocycles. The van der Waals surface area contributed by atoms with Crippen LogP contribution in [0.1, 0.15) is 6.42 Å². The second-order valence-electron chi connectivity index (χ2n) is 4.18. The minimum Gasteiger partial charge on any atom is -0.478 e. The van der Waals surface area contributed by atoms with Gasteiger partial charge in [0.1, 0.15) is 9.84 Å². The summed E-state index contributed by atoms with van der Waals surface area (Å²) in [6, 6.07) is 0. The number of ether oxygens (including phenoxy) is 1. The third-order valence-corrected chi connectivity index (χ3v) is 3.28. The van der Waals surface area contributed by atoms with E-state index >= 15 is 0 Å². The molecule has 19 heavy (non-hydrogen) atoms. The largest absolute Gasteiger partial charge is 0.478 e. The van der Waals surface area contributed by atoms with Gasteiger partial charge in [0.2, 0.25) is 0 Å². The van der Waals surface area contributed by atoms with E-state index in [4.69, 9.17) is 5.11 Å². The fourth-order valence-electron chi connectivity index (χ4n) is 1.26. The Morgan fingerprint density at radius 3 is 2.32 bits per heavy atom. The number of rotatable bonds is 8. The minimum absolute atomic E-state index is 0.0136. The molecule has 1 N–H and O–H groups in total. The number of hydrogen-bond donors (Lipinski definition) is 1. The molecule has 0 aliphatic rings. The summed E-state index contributed by atoms with van der Waals surface area (Å²) in [5.74, 6) is -1.90. The van der Waals surface area contributed by atoms with Crippen LogP contribution < -0.4 is 0 Å². The summed E-state index contributed by atoms with van der Waals surface area (Å²) < 4.78 is 26.4. The maximum absolute atomic E-state index is 11.3. The van der Waals surface area contributed by atoms with Gasteiger partial charge in [0.25, 0.3) is 0 Å². The Hall–Kier alpha value is -1.41. The number of nitrogens with zero attached hydrogens (tertiary/aromatic N) is 1. The van der Waals surface area contributed by atoms with Crippen LogP contribution in [0.25, 0.3) is 0 Å². The van der Waals surface area contributed by atoms with E-state index < -0.39 is 21.8 Å². The molecule has 0 aromatic heterocycles. The van der Waals surface area contributed by atoms with Crippen molar-refractivity contribution in [3.8, 4) is 0 Å². The number of aliphatic carboxylic acids is 1. The number of sulfone groups is 1. The fraction of sp³-hybridized carbons (Fsp3) is 0.636. The van der Waals surface area contributed by atoms with E-state index in [9.17, 15) is 18.0 Å². The van der Waals surface area contributed by atoms with Crippen molar-refractivity contribution in [3.63, 3.8) is 0 Å². The molecule has 0 aromatic rings. The highest BCUT2D eigenvalue weighted by molar-refractivity contribution is 7.90. The summed E-state index contributed by atoms with van der Waals surface area (Å²) in [7, 11) is -0.172. The molecule has 110 valence electrons. The first-order valence-corrected chi connectivity index (χ1v) is 7.60. The predicted molar refractivity (Wildman–Crippen MR) is 69.6 cm³/mol. The number of carboxylic acid groups (broad SMARTS) is 1. The van der Waals surface area contributed by atoms with E-state index in [1.165, 1.54) is 7.11 Å². The molecule has 0 radical (unpaired) electrons. The Morgan fingerprint density at radius 2 is 1.89 bits per heavy atom. The first-order chi connectivity index (χ1) is 8.65. The molecule has 7 nitrogen and oxygen atoms in total. The Kier molecular flexibility index (Phi) is 7.32. The molecule has 0 fully saturated rings.